The highest BCUT2D eigenvalue weighted by atomic mass is 32.2. The van der Waals surface area contributed by atoms with Crippen molar-refractivity contribution in [2.45, 2.75) is 20.8 Å². The zero-order valence-electron chi connectivity index (χ0n) is 17.8. The lowest BCUT2D eigenvalue weighted by atomic mass is 10.1. The first kappa shape index (κ1) is 23.1. The van der Waals surface area contributed by atoms with Crippen LogP contribution in [0.25, 0.3) is 6.08 Å². The summed E-state index contributed by atoms with van der Waals surface area (Å²) in [5.74, 6) is -1.94. The summed E-state index contributed by atoms with van der Waals surface area (Å²) in [6.45, 7) is 4.77. The van der Waals surface area contributed by atoms with E-state index in [4.69, 9.17) is 9.84 Å². The molecule has 0 atom stereocenters. The number of amides is 3. The summed E-state index contributed by atoms with van der Waals surface area (Å²) >= 11 is 0.713. The van der Waals surface area contributed by atoms with Crippen molar-refractivity contribution in [3.05, 3.63) is 63.6 Å². The fourth-order valence-electron chi connectivity index (χ4n) is 3.35. The Morgan fingerprint density at radius 2 is 1.78 bits per heavy atom. The van der Waals surface area contributed by atoms with Gasteiger partial charge in [0.25, 0.3) is 11.1 Å². The molecule has 0 saturated carbocycles. The molecule has 2 N–H and O–H groups in total. The van der Waals surface area contributed by atoms with Gasteiger partial charge in [0.2, 0.25) is 5.91 Å². The number of imide groups is 1. The lowest BCUT2D eigenvalue weighted by Crippen LogP contribution is -2.36. The number of hydrogen-bond donors (Lipinski definition) is 2. The molecule has 1 aliphatic rings. The Bertz CT molecular complexity index is 1120. The van der Waals surface area contributed by atoms with Gasteiger partial charge in [-0.05, 0) is 55.8 Å². The van der Waals surface area contributed by atoms with Gasteiger partial charge in [-0.3, -0.25) is 19.3 Å². The highest BCUT2D eigenvalue weighted by Gasteiger charge is 2.36. The zero-order valence-corrected chi connectivity index (χ0v) is 18.6. The summed E-state index contributed by atoms with van der Waals surface area (Å²) in [4.78, 5) is 49.5. The van der Waals surface area contributed by atoms with Gasteiger partial charge in [0.05, 0.1) is 4.91 Å². The minimum absolute atomic E-state index is 0.122. The zero-order chi connectivity index (χ0) is 23.4. The minimum Gasteiger partial charge on any atom is -0.481 e. The summed E-state index contributed by atoms with van der Waals surface area (Å²) in [7, 11) is 0. The van der Waals surface area contributed by atoms with Crippen molar-refractivity contribution >= 4 is 46.5 Å². The highest BCUT2D eigenvalue weighted by molar-refractivity contribution is 8.18. The number of thioether (sulfide) groups is 1. The van der Waals surface area contributed by atoms with Gasteiger partial charge in [0, 0.05) is 11.3 Å². The Kier molecular flexibility index (Phi) is 6.99. The molecule has 9 heteroatoms. The van der Waals surface area contributed by atoms with Crippen molar-refractivity contribution in [2.24, 2.45) is 0 Å². The van der Waals surface area contributed by atoms with Crippen molar-refractivity contribution in [1.82, 2.24) is 4.90 Å². The summed E-state index contributed by atoms with van der Waals surface area (Å²) < 4.78 is 5.23. The Balaban J connectivity index is 1.74. The van der Waals surface area contributed by atoms with Crippen LogP contribution in [0, 0.1) is 20.8 Å². The molecular formula is C23H22N2O6S. The van der Waals surface area contributed by atoms with Crippen LogP contribution in [0.15, 0.2) is 41.3 Å². The standard InChI is InChI=1S/C23H22N2O6S/c1-13-8-14(2)21(15(3)9-13)24-19(26)11-25-22(29)18(32-23(25)30)10-16-6-4-5-7-17(16)31-12-20(27)28/h4-10H,11-12H2,1-3H3,(H,24,26)(H,27,28)/b18-10+. The number of carboxylic acid groups (broad SMARTS) is 1. The molecule has 0 aliphatic carbocycles. The second-order valence-corrected chi connectivity index (χ2v) is 8.30. The molecule has 3 rings (SSSR count). The van der Waals surface area contributed by atoms with Gasteiger partial charge in [-0.1, -0.05) is 35.9 Å². The molecule has 1 heterocycles. The number of anilines is 1. The third-order valence-corrected chi connectivity index (χ3v) is 5.58. The number of aryl methyl sites for hydroxylation is 3. The van der Waals surface area contributed by atoms with Gasteiger partial charge in [0.15, 0.2) is 6.61 Å². The molecule has 166 valence electrons. The Morgan fingerprint density at radius 3 is 2.44 bits per heavy atom. The third kappa shape index (κ3) is 5.36. The number of carbonyl (C=O) groups is 4. The molecule has 1 aliphatic heterocycles. The molecule has 1 saturated heterocycles. The van der Waals surface area contributed by atoms with E-state index in [9.17, 15) is 19.2 Å². The fourth-order valence-corrected chi connectivity index (χ4v) is 4.18. The average Bonchev–Trinajstić information content (AvgIpc) is 2.97. The summed E-state index contributed by atoms with van der Waals surface area (Å²) in [5.41, 5.74) is 3.97. The molecular weight excluding hydrogens is 432 g/mol. The van der Waals surface area contributed by atoms with Crippen molar-refractivity contribution < 1.29 is 29.0 Å². The number of aliphatic carboxylic acids is 1. The first-order valence-corrected chi connectivity index (χ1v) is 10.5. The number of nitrogens with zero attached hydrogens (tertiary/aromatic N) is 1. The Hall–Kier alpha value is -3.59. The molecule has 2 aromatic rings. The van der Waals surface area contributed by atoms with Crippen LogP contribution >= 0.6 is 11.8 Å². The molecule has 1 fully saturated rings. The smallest absolute Gasteiger partial charge is 0.341 e. The van der Waals surface area contributed by atoms with E-state index in [0.29, 0.717) is 23.0 Å². The van der Waals surface area contributed by atoms with E-state index in [0.717, 1.165) is 21.6 Å². The van der Waals surface area contributed by atoms with Crippen LogP contribution in [-0.2, 0) is 14.4 Å². The second-order valence-electron chi connectivity index (χ2n) is 7.31. The van der Waals surface area contributed by atoms with E-state index in [-0.39, 0.29) is 10.7 Å². The van der Waals surface area contributed by atoms with Gasteiger partial charge >= 0.3 is 5.97 Å². The van der Waals surface area contributed by atoms with Gasteiger partial charge in [-0.25, -0.2) is 4.79 Å². The maximum Gasteiger partial charge on any atom is 0.341 e. The quantitative estimate of drug-likeness (QED) is 0.613. The van der Waals surface area contributed by atoms with Crippen LogP contribution in [0.4, 0.5) is 10.5 Å². The van der Waals surface area contributed by atoms with Crippen LogP contribution in [0.5, 0.6) is 5.75 Å². The molecule has 32 heavy (non-hydrogen) atoms. The van der Waals surface area contributed by atoms with E-state index in [2.05, 4.69) is 5.32 Å². The molecule has 0 aromatic heterocycles. The SMILES string of the molecule is Cc1cc(C)c(NC(=O)CN2C(=O)S/C(=C/c3ccccc3OCC(=O)O)C2=O)c(C)c1. The molecule has 3 amide bonds. The first-order chi connectivity index (χ1) is 15.2. The molecule has 0 bridgehead atoms. The van der Waals surface area contributed by atoms with Crippen LogP contribution in [0.1, 0.15) is 22.3 Å². The minimum atomic E-state index is -1.13. The lowest BCUT2D eigenvalue weighted by Gasteiger charge is -2.16. The van der Waals surface area contributed by atoms with Crippen molar-refractivity contribution in [1.29, 1.82) is 0 Å². The Morgan fingerprint density at radius 1 is 1.12 bits per heavy atom. The predicted molar refractivity (Wildman–Crippen MR) is 122 cm³/mol. The van der Waals surface area contributed by atoms with Gasteiger partial charge in [0.1, 0.15) is 12.3 Å². The van der Waals surface area contributed by atoms with E-state index in [1.54, 1.807) is 24.3 Å². The van der Waals surface area contributed by atoms with Crippen LogP contribution < -0.4 is 10.1 Å². The van der Waals surface area contributed by atoms with E-state index in [1.165, 1.54) is 6.08 Å². The van der Waals surface area contributed by atoms with Gasteiger partial charge in [-0.2, -0.15) is 0 Å². The number of benzene rings is 2. The molecule has 0 radical (unpaired) electrons. The maximum absolute atomic E-state index is 12.8. The highest BCUT2D eigenvalue weighted by Crippen LogP contribution is 2.34. The van der Waals surface area contributed by atoms with Crippen LogP contribution in [0.2, 0.25) is 0 Å². The fraction of sp³-hybridized carbons (Fsp3) is 0.217. The largest absolute Gasteiger partial charge is 0.481 e. The third-order valence-electron chi connectivity index (χ3n) is 4.67. The number of carboxylic acids is 1. The van der Waals surface area contributed by atoms with E-state index >= 15 is 0 Å². The first-order valence-electron chi connectivity index (χ1n) is 9.72. The number of nitrogens with one attached hydrogen (secondary N) is 1. The van der Waals surface area contributed by atoms with Crippen molar-refractivity contribution in [2.75, 3.05) is 18.5 Å². The number of carbonyl (C=O) groups excluding carboxylic acids is 3. The molecule has 0 unspecified atom stereocenters. The molecule has 8 nitrogen and oxygen atoms in total. The van der Waals surface area contributed by atoms with Crippen molar-refractivity contribution in [3.63, 3.8) is 0 Å². The summed E-state index contributed by atoms with van der Waals surface area (Å²) in [6, 6.07) is 10.5. The molecule has 0 spiro atoms. The average molecular weight is 455 g/mol. The normalized spacial score (nSPS) is 14.7. The topological polar surface area (TPSA) is 113 Å². The van der Waals surface area contributed by atoms with Gasteiger partial charge < -0.3 is 15.2 Å². The van der Waals surface area contributed by atoms with Crippen LogP contribution in [-0.4, -0.2) is 46.2 Å². The van der Waals surface area contributed by atoms with E-state index < -0.39 is 36.2 Å². The number of rotatable bonds is 7. The number of ether oxygens (including phenoxy) is 1. The van der Waals surface area contributed by atoms with Gasteiger partial charge in [-0.15, -0.1) is 0 Å². The summed E-state index contributed by atoms with van der Waals surface area (Å²) in [6.07, 6.45) is 1.45. The molecule has 2 aromatic carbocycles. The predicted octanol–water partition coefficient (Wildman–Crippen LogP) is 3.75. The maximum atomic E-state index is 12.8. The Labute approximate surface area is 189 Å². The second kappa shape index (κ2) is 9.69. The van der Waals surface area contributed by atoms with Crippen molar-refractivity contribution in [3.8, 4) is 5.75 Å². The summed E-state index contributed by atoms with van der Waals surface area (Å²) in [5, 5.41) is 11.0. The monoisotopic (exact) mass is 454 g/mol. The van der Waals surface area contributed by atoms with Crippen LogP contribution in [0.3, 0.4) is 0 Å². The number of para-hydroxylation sites is 1. The number of hydrogen-bond acceptors (Lipinski definition) is 6. The lowest BCUT2D eigenvalue weighted by molar-refractivity contribution is -0.139. The van der Waals surface area contributed by atoms with E-state index in [1.807, 2.05) is 32.9 Å².